The molecule has 1 aliphatic rings. The van der Waals surface area contributed by atoms with E-state index in [-0.39, 0.29) is 22.9 Å². The lowest BCUT2D eigenvalue weighted by Crippen LogP contribution is -2.27. The van der Waals surface area contributed by atoms with Gasteiger partial charge in [-0.15, -0.1) is 0 Å². The van der Waals surface area contributed by atoms with Crippen LogP contribution >= 0.6 is 69.2 Å². The number of carbonyl (C=O) groups is 3. The van der Waals surface area contributed by atoms with Crippen molar-refractivity contribution in [3.63, 3.8) is 0 Å². The van der Waals surface area contributed by atoms with E-state index < -0.39 is 17.1 Å². The third-order valence-corrected chi connectivity index (χ3v) is 7.55. The monoisotopic (exact) mass is 673 g/mol. The molecule has 2 amide bonds. The molecule has 11 heteroatoms. The third kappa shape index (κ3) is 6.00. The van der Waals surface area contributed by atoms with E-state index in [9.17, 15) is 14.4 Å². The summed E-state index contributed by atoms with van der Waals surface area (Å²) in [6, 6.07) is 14.6. The maximum Gasteiger partial charge on any atom is 0.343 e. The fourth-order valence-corrected chi connectivity index (χ4v) is 5.53. The molecule has 1 heterocycles. The molecule has 3 aromatic carbocycles. The number of nitrogens with zero attached hydrogens (tertiary/aromatic N) is 1. The Labute approximate surface area is 239 Å². The molecule has 1 aliphatic heterocycles. The quantitative estimate of drug-likeness (QED) is 0.115. The summed E-state index contributed by atoms with van der Waals surface area (Å²) >= 11 is 20.9. The molecular weight excluding hydrogens is 660 g/mol. The highest BCUT2D eigenvalue weighted by Gasteiger charge is 2.35. The molecule has 1 fully saturated rings. The van der Waals surface area contributed by atoms with Crippen LogP contribution in [0.5, 0.6) is 11.5 Å². The number of hydrogen-bond acceptors (Lipinski definition) is 6. The van der Waals surface area contributed by atoms with E-state index in [0.717, 1.165) is 16.7 Å². The number of imide groups is 1. The number of methoxy groups -OCH3 is 1. The van der Waals surface area contributed by atoms with Crippen LogP contribution in [0.25, 0.3) is 6.08 Å². The molecule has 0 N–H and O–H groups in total. The zero-order valence-corrected chi connectivity index (χ0v) is 23.6. The molecule has 0 radical (unpaired) electrons. The molecule has 3 aromatic rings. The van der Waals surface area contributed by atoms with Crippen molar-refractivity contribution in [2.24, 2.45) is 0 Å². The zero-order chi connectivity index (χ0) is 26.0. The standard InChI is InChI=1S/C25H15Cl3INO5S/c1-34-20-8-13(7-19(29)22(20)35-24(32)14-3-2-4-16(26)10-14)9-21-23(31)30(25(33)36-21)12-15-5-6-17(27)11-18(15)28/h2-11H,12H2,1H3/b21-9-. The minimum atomic E-state index is -0.594. The van der Waals surface area contributed by atoms with Crippen LogP contribution in [0.1, 0.15) is 21.5 Å². The van der Waals surface area contributed by atoms with Gasteiger partial charge in [-0.2, -0.15) is 0 Å². The molecule has 0 aromatic heterocycles. The first-order valence-corrected chi connectivity index (χ1v) is 13.2. The van der Waals surface area contributed by atoms with Crippen LogP contribution in [0.4, 0.5) is 4.79 Å². The van der Waals surface area contributed by atoms with Crippen LogP contribution in [0.3, 0.4) is 0 Å². The van der Waals surface area contributed by atoms with Gasteiger partial charge in [0.05, 0.1) is 27.7 Å². The predicted molar refractivity (Wildman–Crippen MR) is 150 cm³/mol. The van der Waals surface area contributed by atoms with Gasteiger partial charge in [0.25, 0.3) is 11.1 Å². The van der Waals surface area contributed by atoms with Gasteiger partial charge in [-0.25, -0.2) is 4.79 Å². The van der Waals surface area contributed by atoms with Crippen LogP contribution in [-0.4, -0.2) is 29.1 Å². The number of hydrogen-bond donors (Lipinski definition) is 0. The van der Waals surface area contributed by atoms with Crippen LogP contribution < -0.4 is 9.47 Å². The molecule has 1 saturated heterocycles. The summed E-state index contributed by atoms with van der Waals surface area (Å²) in [5.74, 6) is -0.522. The van der Waals surface area contributed by atoms with E-state index in [4.69, 9.17) is 44.3 Å². The highest BCUT2D eigenvalue weighted by Crippen LogP contribution is 2.38. The Balaban J connectivity index is 1.57. The van der Waals surface area contributed by atoms with E-state index in [1.807, 2.05) is 22.6 Å². The molecule has 0 atom stereocenters. The molecule has 0 saturated carbocycles. The fourth-order valence-electron chi connectivity index (χ4n) is 3.30. The van der Waals surface area contributed by atoms with Crippen LogP contribution in [0, 0.1) is 3.57 Å². The van der Waals surface area contributed by atoms with E-state index in [1.54, 1.807) is 54.6 Å². The Bertz CT molecular complexity index is 1430. The summed E-state index contributed by atoms with van der Waals surface area (Å²) < 4.78 is 11.6. The van der Waals surface area contributed by atoms with E-state index in [1.165, 1.54) is 13.2 Å². The molecule has 0 bridgehead atoms. The van der Waals surface area contributed by atoms with Gasteiger partial charge in [-0.3, -0.25) is 14.5 Å². The third-order valence-electron chi connectivity index (χ3n) is 5.02. The first-order chi connectivity index (χ1) is 17.2. The van der Waals surface area contributed by atoms with E-state index >= 15 is 0 Å². The van der Waals surface area contributed by atoms with Crippen LogP contribution in [-0.2, 0) is 11.3 Å². The van der Waals surface area contributed by atoms with Gasteiger partial charge in [0.2, 0.25) is 0 Å². The molecule has 0 unspecified atom stereocenters. The smallest absolute Gasteiger partial charge is 0.343 e. The molecule has 6 nitrogen and oxygen atoms in total. The lowest BCUT2D eigenvalue weighted by atomic mass is 10.1. The van der Waals surface area contributed by atoms with Gasteiger partial charge in [0, 0.05) is 15.1 Å². The molecule has 0 aliphatic carbocycles. The molecular formula is C25H15Cl3INO5S. The summed E-state index contributed by atoms with van der Waals surface area (Å²) in [5.41, 5.74) is 1.49. The summed E-state index contributed by atoms with van der Waals surface area (Å²) in [4.78, 5) is 39.5. The molecule has 36 heavy (non-hydrogen) atoms. The van der Waals surface area contributed by atoms with Crippen molar-refractivity contribution in [3.05, 3.63) is 94.8 Å². The van der Waals surface area contributed by atoms with Crippen molar-refractivity contribution in [2.75, 3.05) is 7.11 Å². The SMILES string of the molecule is COc1cc(/C=C2\SC(=O)N(Cc3ccc(Cl)cc3Cl)C2=O)cc(I)c1OC(=O)c1cccc(Cl)c1. The summed E-state index contributed by atoms with van der Waals surface area (Å²) in [5, 5.41) is 0.829. The normalized spacial score (nSPS) is 14.5. The van der Waals surface area contributed by atoms with E-state index in [0.29, 0.717) is 35.3 Å². The number of rotatable bonds is 6. The Morgan fingerprint density at radius 1 is 1.06 bits per heavy atom. The van der Waals surface area contributed by atoms with E-state index in [2.05, 4.69) is 0 Å². The number of amides is 2. The predicted octanol–water partition coefficient (Wildman–Crippen LogP) is 7.72. The topological polar surface area (TPSA) is 72.9 Å². The molecule has 0 spiro atoms. The van der Waals surface area contributed by atoms with Crippen LogP contribution in [0.2, 0.25) is 15.1 Å². The van der Waals surface area contributed by atoms with Gasteiger partial charge < -0.3 is 9.47 Å². The maximum atomic E-state index is 13.0. The number of benzene rings is 3. The Morgan fingerprint density at radius 2 is 1.81 bits per heavy atom. The van der Waals surface area contributed by atoms with Gasteiger partial charge >= 0.3 is 5.97 Å². The molecule has 4 rings (SSSR count). The first-order valence-electron chi connectivity index (χ1n) is 10.2. The summed E-state index contributed by atoms with van der Waals surface area (Å²) in [6.07, 6.45) is 1.58. The highest BCUT2D eigenvalue weighted by molar-refractivity contribution is 14.1. The Morgan fingerprint density at radius 3 is 2.50 bits per heavy atom. The first kappa shape index (κ1) is 26.8. The second kappa shape index (κ2) is 11.4. The van der Waals surface area contributed by atoms with Gasteiger partial charge in [-0.1, -0.05) is 46.9 Å². The number of carbonyl (C=O) groups excluding carboxylic acids is 3. The lowest BCUT2D eigenvalue weighted by molar-refractivity contribution is -0.123. The lowest BCUT2D eigenvalue weighted by Gasteiger charge is -2.14. The zero-order valence-electron chi connectivity index (χ0n) is 18.4. The summed E-state index contributed by atoms with van der Waals surface area (Å²) in [6.45, 7) is 0.0251. The Hall–Kier alpha value is -2.24. The minimum Gasteiger partial charge on any atom is -0.493 e. The van der Waals surface area contributed by atoms with Gasteiger partial charge in [0.1, 0.15) is 0 Å². The number of ether oxygens (including phenoxy) is 2. The number of thioether (sulfide) groups is 1. The number of esters is 1. The van der Waals surface area contributed by atoms with Crippen molar-refractivity contribution in [1.82, 2.24) is 4.90 Å². The summed E-state index contributed by atoms with van der Waals surface area (Å²) in [7, 11) is 1.44. The Kier molecular flexibility index (Phi) is 8.52. The second-order valence-corrected chi connectivity index (χ2v) is 10.9. The van der Waals surface area contributed by atoms with Crippen molar-refractivity contribution in [2.45, 2.75) is 6.54 Å². The second-order valence-electron chi connectivity index (χ2n) is 7.44. The molecule has 184 valence electrons. The minimum absolute atomic E-state index is 0.0251. The average molecular weight is 675 g/mol. The van der Waals surface area contributed by atoms with Gasteiger partial charge in [-0.05, 0) is 94.0 Å². The van der Waals surface area contributed by atoms with Crippen molar-refractivity contribution in [1.29, 1.82) is 0 Å². The van der Waals surface area contributed by atoms with Crippen molar-refractivity contribution < 1.29 is 23.9 Å². The van der Waals surface area contributed by atoms with Crippen molar-refractivity contribution in [3.8, 4) is 11.5 Å². The maximum absolute atomic E-state index is 13.0. The fraction of sp³-hybridized carbons (Fsp3) is 0.0800. The highest BCUT2D eigenvalue weighted by atomic mass is 127. The average Bonchev–Trinajstić information content (AvgIpc) is 3.09. The number of halogens is 4. The van der Waals surface area contributed by atoms with Gasteiger partial charge in [0.15, 0.2) is 11.5 Å². The largest absolute Gasteiger partial charge is 0.493 e. The van der Waals surface area contributed by atoms with Crippen LogP contribution in [0.15, 0.2) is 59.5 Å². The van der Waals surface area contributed by atoms with Crippen molar-refractivity contribution >= 4 is 92.3 Å².